The molecule has 3 N–H and O–H groups in total. The van der Waals surface area contributed by atoms with Gasteiger partial charge in [0.1, 0.15) is 5.54 Å². The molecule has 2 aromatic carbocycles. The molecule has 3 nitrogen and oxygen atoms in total. The molecule has 0 bridgehead atoms. The van der Waals surface area contributed by atoms with Crippen LogP contribution in [0.25, 0.3) is 0 Å². The molecule has 110 valence electrons. The van der Waals surface area contributed by atoms with Gasteiger partial charge in [-0.2, -0.15) is 0 Å². The Balaban J connectivity index is 1.99. The summed E-state index contributed by atoms with van der Waals surface area (Å²) in [6.07, 6.45) is 0. The first-order chi connectivity index (χ1) is 10.0. The van der Waals surface area contributed by atoms with Gasteiger partial charge in [-0.3, -0.25) is 4.79 Å². The van der Waals surface area contributed by atoms with Gasteiger partial charge >= 0.3 is 0 Å². The summed E-state index contributed by atoms with van der Waals surface area (Å²) < 4.78 is 0. The maximum Gasteiger partial charge on any atom is 0.244 e. The van der Waals surface area contributed by atoms with Crippen molar-refractivity contribution in [3.05, 3.63) is 71.8 Å². The van der Waals surface area contributed by atoms with Crippen molar-refractivity contribution in [3.63, 3.8) is 0 Å². The predicted octanol–water partition coefficient (Wildman–Crippen LogP) is 2.78. The first-order valence-electron chi connectivity index (χ1n) is 7.19. The van der Waals surface area contributed by atoms with E-state index in [0.29, 0.717) is 6.54 Å². The standard InChI is InChI=1S/C18H22N2O/c1-14(15-9-5-3-6-10-15)13-20-17(21)18(2,19)16-11-7-4-8-12-16/h3-12,14H,13,19H2,1-2H3,(H,20,21). The van der Waals surface area contributed by atoms with Crippen molar-refractivity contribution in [2.75, 3.05) is 6.54 Å². The second-order valence-electron chi connectivity index (χ2n) is 5.59. The molecule has 0 fully saturated rings. The highest BCUT2D eigenvalue weighted by molar-refractivity contribution is 5.87. The van der Waals surface area contributed by atoms with Gasteiger partial charge in [-0.15, -0.1) is 0 Å². The molecule has 0 aromatic heterocycles. The predicted molar refractivity (Wildman–Crippen MR) is 85.8 cm³/mol. The normalized spacial score (nSPS) is 15.0. The SMILES string of the molecule is CC(CNC(=O)C(C)(N)c1ccccc1)c1ccccc1. The number of hydrogen-bond donors (Lipinski definition) is 2. The van der Waals surface area contributed by atoms with Crippen molar-refractivity contribution < 1.29 is 4.79 Å². The zero-order chi connectivity index (χ0) is 15.3. The molecule has 1 amide bonds. The summed E-state index contributed by atoms with van der Waals surface area (Å²) in [4.78, 5) is 12.4. The van der Waals surface area contributed by atoms with E-state index in [-0.39, 0.29) is 11.8 Å². The van der Waals surface area contributed by atoms with Crippen molar-refractivity contribution in [2.45, 2.75) is 25.3 Å². The summed E-state index contributed by atoms with van der Waals surface area (Å²) in [7, 11) is 0. The summed E-state index contributed by atoms with van der Waals surface area (Å²) >= 11 is 0. The lowest BCUT2D eigenvalue weighted by atomic mass is 9.92. The van der Waals surface area contributed by atoms with E-state index in [9.17, 15) is 4.79 Å². The number of hydrogen-bond acceptors (Lipinski definition) is 2. The number of carbonyl (C=O) groups is 1. The van der Waals surface area contributed by atoms with Crippen LogP contribution in [-0.2, 0) is 10.3 Å². The maximum atomic E-state index is 12.4. The molecule has 3 heteroatoms. The Labute approximate surface area is 126 Å². The molecule has 0 aliphatic rings. The van der Waals surface area contributed by atoms with Crippen molar-refractivity contribution in [3.8, 4) is 0 Å². The van der Waals surface area contributed by atoms with E-state index < -0.39 is 5.54 Å². The highest BCUT2D eigenvalue weighted by Gasteiger charge is 2.30. The Morgan fingerprint density at radius 2 is 1.62 bits per heavy atom. The minimum absolute atomic E-state index is 0.156. The fraction of sp³-hybridized carbons (Fsp3) is 0.278. The van der Waals surface area contributed by atoms with Crippen molar-refractivity contribution in [2.24, 2.45) is 5.73 Å². The molecule has 0 spiro atoms. The zero-order valence-corrected chi connectivity index (χ0v) is 12.5. The molecule has 0 aliphatic carbocycles. The number of amides is 1. The molecule has 2 atom stereocenters. The lowest BCUT2D eigenvalue weighted by Gasteiger charge is -2.25. The molecule has 21 heavy (non-hydrogen) atoms. The van der Waals surface area contributed by atoms with Crippen molar-refractivity contribution >= 4 is 5.91 Å². The fourth-order valence-corrected chi connectivity index (χ4v) is 2.24. The van der Waals surface area contributed by atoms with Crippen LogP contribution in [0.1, 0.15) is 30.9 Å². The van der Waals surface area contributed by atoms with E-state index in [2.05, 4.69) is 24.4 Å². The molecule has 0 saturated heterocycles. The Hall–Kier alpha value is -2.13. The van der Waals surface area contributed by atoms with Crippen molar-refractivity contribution in [1.82, 2.24) is 5.32 Å². The van der Waals surface area contributed by atoms with E-state index in [1.807, 2.05) is 48.5 Å². The van der Waals surface area contributed by atoms with Gasteiger partial charge in [0.15, 0.2) is 0 Å². The van der Waals surface area contributed by atoms with E-state index in [1.54, 1.807) is 6.92 Å². The van der Waals surface area contributed by atoms with Gasteiger partial charge in [-0.25, -0.2) is 0 Å². The molecule has 0 heterocycles. The summed E-state index contributed by atoms with van der Waals surface area (Å²) in [5.74, 6) is 0.0956. The minimum atomic E-state index is -1.02. The zero-order valence-electron chi connectivity index (χ0n) is 12.5. The van der Waals surface area contributed by atoms with Crippen LogP contribution in [0.15, 0.2) is 60.7 Å². The molecule has 0 saturated carbocycles. The number of rotatable bonds is 5. The monoisotopic (exact) mass is 282 g/mol. The second kappa shape index (κ2) is 6.55. The van der Waals surface area contributed by atoms with Gasteiger partial charge < -0.3 is 11.1 Å². The number of carbonyl (C=O) groups excluding carboxylic acids is 1. The Kier molecular flexibility index (Phi) is 4.76. The second-order valence-corrected chi connectivity index (χ2v) is 5.59. The fourth-order valence-electron chi connectivity index (χ4n) is 2.24. The third-order valence-electron chi connectivity index (χ3n) is 3.78. The van der Waals surface area contributed by atoms with Gasteiger partial charge in [0, 0.05) is 6.54 Å². The first-order valence-corrected chi connectivity index (χ1v) is 7.19. The van der Waals surface area contributed by atoms with Gasteiger partial charge in [0.2, 0.25) is 5.91 Å². The average molecular weight is 282 g/mol. The lowest BCUT2D eigenvalue weighted by Crippen LogP contribution is -2.49. The molecular weight excluding hydrogens is 260 g/mol. The van der Waals surface area contributed by atoms with Crippen LogP contribution in [0.5, 0.6) is 0 Å². The smallest absolute Gasteiger partial charge is 0.244 e. The van der Waals surface area contributed by atoms with Crippen LogP contribution in [-0.4, -0.2) is 12.5 Å². The van der Waals surface area contributed by atoms with Crippen LogP contribution < -0.4 is 11.1 Å². The van der Waals surface area contributed by atoms with E-state index in [1.165, 1.54) is 5.56 Å². The van der Waals surface area contributed by atoms with Gasteiger partial charge in [0.25, 0.3) is 0 Å². The van der Waals surface area contributed by atoms with Crippen LogP contribution in [0.3, 0.4) is 0 Å². The summed E-state index contributed by atoms with van der Waals surface area (Å²) in [5.41, 5.74) is 7.20. The molecular formula is C18H22N2O. The van der Waals surface area contributed by atoms with Gasteiger partial charge in [-0.05, 0) is 24.0 Å². The number of benzene rings is 2. The van der Waals surface area contributed by atoms with Crippen molar-refractivity contribution in [1.29, 1.82) is 0 Å². The van der Waals surface area contributed by atoms with Crippen LogP contribution >= 0.6 is 0 Å². The summed E-state index contributed by atoms with van der Waals surface area (Å²) in [6.45, 7) is 4.40. The Morgan fingerprint density at radius 1 is 1.10 bits per heavy atom. The highest BCUT2D eigenvalue weighted by Crippen LogP contribution is 2.18. The van der Waals surface area contributed by atoms with E-state index in [4.69, 9.17) is 5.73 Å². The molecule has 2 aromatic rings. The van der Waals surface area contributed by atoms with Crippen LogP contribution in [0.4, 0.5) is 0 Å². The molecule has 2 rings (SSSR count). The van der Waals surface area contributed by atoms with E-state index in [0.717, 1.165) is 5.56 Å². The van der Waals surface area contributed by atoms with Gasteiger partial charge in [-0.1, -0.05) is 67.6 Å². The third-order valence-corrected chi connectivity index (χ3v) is 3.78. The summed E-state index contributed by atoms with van der Waals surface area (Å²) in [5, 5.41) is 2.96. The Morgan fingerprint density at radius 3 is 2.19 bits per heavy atom. The van der Waals surface area contributed by atoms with Gasteiger partial charge in [0.05, 0.1) is 0 Å². The molecule has 0 aliphatic heterocycles. The Bertz CT molecular complexity index is 579. The van der Waals surface area contributed by atoms with E-state index >= 15 is 0 Å². The molecule has 2 unspecified atom stereocenters. The average Bonchev–Trinajstić information content (AvgIpc) is 2.53. The number of nitrogens with one attached hydrogen (secondary N) is 1. The lowest BCUT2D eigenvalue weighted by molar-refractivity contribution is -0.126. The highest BCUT2D eigenvalue weighted by atomic mass is 16.2. The molecule has 0 radical (unpaired) electrons. The topological polar surface area (TPSA) is 55.1 Å². The maximum absolute atomic E-state index is 12.4. The van der Waals surface area contributed by atoms with Crippen LogP contribution in [0.2, 0.25) is 0 Å². The number of nitrogens with two attached hydrogens (primary N) is 1. The minimum Gasteiger partial charge on any atom is -0.354 e. The largest absolute Gasteiger partial charge is 0.354 e. The quantitative estimate of drug-likeness (QED) is 0.886. The first kappa shape index (κ1) is 15.3. The third kappa shape index (κ3) is 3.70. The van der Waals surface area contributed by atoms with Crippen LogP contribution in [0, 0.1) is 0 Å². The summed E-state index contributed by atoms with van der Waals surface area (Å²) in [6, 6.07) is 19.6.